The van der Waals surface area contributed by atoms with Crippen molar-refractivity contribution in [3.63, 3.8) is 0 Å². The van der Waals surface area contributed by atoms with Gasteiger partial charge in [-0.3, -0.25) is 0 Å². The van der Waals surface area contributed by atoms with Crippen LogP contribution in [0.4, 0.5) is 0 Å². The van der Waals surface area contributed by atoms with Crippen LogP contribution in [0.1, 0.15) is 48.9 Å². The zero-order valence-corrected chi connectivity index (χ0v) is 12.5. The van der Waals surface area contributed by atoms with Crippen molar-refractivity contribution in [2.45, 2.75) is 39.2 Å². The van der Waals surface area contributed by atoms with E-state index < -0.39 is 0 Å². The van der Waals surface area contributed by atoms with Gasteiger partial charge in [0, 0.05) is 6.04 Å². The summed E-state index contributed by atoms with van der Waals surface area (Å²) in [7, 11) is 2.06. The van der Waals surface area contributed by atoms with Crippen molar-refractivity contribution in [2.75, 3.05) is 19.1 Å². The molecule has 0 saturated carbocycles. The number of hydrogen-bond donors (Lipinski definition) is 1. The quantitative estimate of drug-likeness (QED) is 0.816. The highest BCUT2D eigenvalue weighted by Gasteiger charge is 2.12. The molecule has 0 aliphatic carbocycles. The first-order valence-corrected chi connectivity index (χ1v) is 7.76. The predicted octanol–water partition coefficient (Wildman–Crippen LogP) is 4.13. The topological polar surface area (TPSA) is 12.0 Å². The van der Waals surface area contributed by atoms with Crippen LogP contribution < -0.4 is 5.32 Å². The fourth-order valence-electron chi connectivity index (χ4n) is 2.08. The second-order valence-electron chi connectivity index (χ2n) is 4.89. The molecule has 17 heavy (non-hydrogen) atoms. The van der Waals surface area contributed by atoms with Crippen LogP contribution in [0.2, 0.25) is 0 Å². The fourth-order valence-corrected chi connectivity index (χ4v) is 2.56. The molecule has 0 aromatic heterocycles. The van der Waals surface area contributed by atoms with Gasteiger partial charge in [0.15, 0.2) is 0 Å². The minimum Gasteiger partial charge on any atom is -0.313 e. The first-order chi connectivity index (χ1) is 8.10. The molecule has 1 aromatic rings. The van der Waals surface area contributed by atoms with Gasteiger partial charge in [-0.25, -0.2) is 0 Å². The summed E-state index contributed by atoms with van der Waals surface area (Å²) in [6.07, 6.45) is 3.37. The highest BCUT2D eigenvalue weighted by atomic mass is 32.2. The van der Waals surface area contributed by atoms with E-state index in [2.05, 4.69) is 57.6 Å². The van der Waals surface area contributed by atoms with Crippen LogP contribution >= 0.6 is 11.8 Å². The summed E-state index contributed by atoms with van der Waals surface area (Å²) in [5.41, 5.74) is 4.30. The minimum atomic E-state index is 0.487. The third-order valence-corrected chi connectivity index (χ3v) is 3.95. The maximum Gasteiger partial charge on any atom is 0.0328 e. The molecule has 0 amide bonds. The van der Waals surface area contributed by atoms with E-state index in [0.29, 0.717) is 12.0 Å². The molecule has 1 nitrogen and oxygen atoms in total. The van der Waals surface area contributed by atoms with Crippen molar-refractivity contribution >= 4 is 11.8 Å². The Bertz CT molecular complexity index is 347. The Morgan fingerprint density at radius 3 is 2.53 bits per heavy atom. The second-order valence-corrected chi connectivity index (χ2v) is 5.88. The van der Waals surface area contributed by atoms with Gasteiger partial charge >= 0.3 is 0 Å². The second kappa shape index (κ2) is 7.07. The van der Waals surface area contributed by atoms with Gasteiger partial charge in [-0.2, -0.15) is 11.8 Å². The van der Waals surface area contributed by atoms with Crippen molar-refractivity contribution in [1.29, 1.82) is 0 Å². The van der Waals surface area contributed by atoms with Crippen LogP contribution in [-0.2, 0) is 0 Å². The van der Waals surface area contributed by atoms with Crippen LogP contribution in [0.15, 0.2) is 18.2 Å². The molecule has 0 aliphatic heterocycles. The van der Waals surface area contributed by atoms with E-state index >= 15 is 0 Å². The maximum absolute atomic E-state index is 3.45. The van der Waals surface area contributed by atoms with E-state index in [9.17, 15) is 0 Å². The summed E-state index contributed by atoms with van der Waals surface area (Å²) in [5.74, 6) is 1.81. The summed E-state index contributed by atoms with van der Waals surface area (Å²) < 4.78 is 0. The van der Waals surface area contributed by atoms with Crippen LogP contribution in [0, 0.1) is 6.92 Å². The van der Waals surface area contributed by atoms with Crippen LogP contribution in [0.3, 0.4) is 0 Å². The molecule has 1 unspecified atom stereocenters. The van der Waals surface area contributed by atoms with Crippen molar-refractivity contribution in [3.05, 3.63) is 34.9 Å². The zero-order valence-electron chi connectivity index (χ0n) is 11.7. The molecule has 0 spiro atoms. The van der Waals surface area contributed by atoms with Crippen molar-refractivity contribution in [1.82, 2.24) is 5.32 Å². The number of thioether (sulfide) groups is 1. The fraction of sp³-hybridized carbons (Fsp3) is 0.600. The van der Waals surface area contributed by atoms with E-state index in [0.717, 1.165) is 0 Å². The van der Waals surface area contributed by atoms with Crippen molar-refractivity contribution in [2.24, 2.45) is 0 Å². The van der Waals surface area contributed by atoms with E-state index in [1.54, 1.807) is 0 Å². The SMILES string of the molecule is CNC(CCSC)c1cc(C(C)C)ccc1C. The number of rotatable bonds is 6. The standard InChI is InChI=1S/C15H25NS/c1-11(2)13-7-6-12(3)14(10-13)15(16-4)8-9-17-5/h6-7,10-11,15-16H,8-9H2,1-5H3. The Balaban J connectivity index is 2.96. The Kier molecular flexibility index (Phi) is 6.07. The molecule has 0 saturated heterocycles. The molecule has 0 heterocycles. The molecule has 0 radical (unpaired) electrons. The maximum atomic E-state index is 3.45. The summed E-state index contributed by atoms with van der Waals surface area (Å²) in [4.78, 5) is 0. The van der Waals surface area contributed by atoms with E-state index in [1.165, 1.54) is 28.9 Å². The number of nitrogens with one attached hydrogen (secondary N) is 1. The van der Waals surface area contributed by atoms with Crippen LogP contribution in [-0.4, -0.2) is 19.1 Å². The lowest BCUT2D eigenvalue weighted by atomic mass is 9.93. The normalized spacial score (nSPS) is 13.1. The molecule has 1 N–H and O–H groups in total. The lowest BCUT2D eigenvalue weighted by molar-refractivity contribution is 0.577. The molecule has 0 bridgehead atoms. The molecular weight excluding hydrogens is 226 g/mol. The van der Waals surface area contributed by atoms with Crippen molar-refractivity contribution < 1.29 is 0 Å². The summed E-state index contributed by atoms with van der Waals surface area (Å²) in [5, 5.41) is 3.45. The highest BCUT2D eigenvalue weighted by molar-refractivity contribution is 7.98. The van der Waals surface area contributed by atoms with Gasteiger partial charge in [-0.15, -0.1) is 0 Å². The Morgan fingerprint density at radius 2 is 2.00 bits per heavy atom. The molecule has 0 fully saturated rings. The Morgan fingerprint density at radius 1 is 1.29 bits per heavy atom. The van der Waals surface area contributed by atoms with Gasteiger partial charge in [0.05, 0.1) is 0 Å². The smallest absolute Gasteiger partial charge is 0.0328 e. The highest BCUT2D eigenvalue weighted by Crippen LogP contribution is 2.26. The lowest BCUT2D eigenvalue weighted by Crippen LogP contribution is -2.18. The minimum absolute atomic E-state index is 0.487. The number of hydrogen-bond acceptors (Lipinski definition) is 2. The molecule has 0 aliphatic rings. The molecular formula is C15H25NS. The van der Waals surface area contributed by atoms with Gasteiger partial charge < -0.3 is 5.32 Å². The molecule has 2 heteroatoms. The third-order valence-electron chi connectivity index (χ3n) is 3.30. The lowest BCUT2D eigenvalue weighted by Gasteiger charge is -2.20. The first kappa shape index (κ1) is 14.6. The Hall–Kier alpha value is -0.470. The van der Waals surface area contributed by atoms with E-state index in [-0.39, 0.29) is 0 Å². The third kappa shape index (κ3) is 4.04. The predicted molar refractivity (Wildman–Crippen MR) is 80.1 cm³/mol. The molecule has 96 valence electrons. The van der Waals surface area contributed by atoms with E-state index in [4.69, 9.17) is 0 Å². The Labute approximate surface area is 110 Å². The molecule has 1 aromatic carbocycles. The number of benzene rings is 1. The van der Waals surface area contributed by atoms with Gasteiger partial charge in [-0.05, 0) is 55.0 Å². The van der Waals surface area contributed by atoms with Gasteiger partial charge in [0.1, 0.15) is 0 Å². The van der Waals surface area contributed by atoms with Crippen molar-refractivity contribution in [3.8, 4) is 0 Å². The first-order valence-electron chi connectivity index (χ1n) is 6.36. The van der Waals surface area contributed by atoms with Gasteiger partial charge in [0.25, 0.3) is 0 Å². The summed E-state index contributed by atoms with van der Waals surface area (Å²) >= 11 is 1.92. The average molecular weight is 251 g/mol. The van der Waals surface area contributed by atoms with Crippen LogP contribution in [0.25, 0.3) is 0 Å². The van der Waals surface area contributed by atoms with Gasteiger partial charge in [-0.1, -0.05) is 32.0 Å². The van der Waals surface area contributed by atoms with E-state index in [1.807, 2.05) is 11.8 Å². The summed E-state index contributed by atoms with van der Waals surface area (Å²) in [6, 6.07) is 7.38. The van der Waals surface area contributed by atoms with Gasteiger partial charge in [0.2, 0.25) is 0 Å². The zero-order chi connectivity index (χ0) is 12.8. The average Bonchev–Trinajstić information content (AvgIpc) is 2.31. The summed E-state index contributed by atoms with van der Waals surface area (Å²) in [6.45, 7) is 6.72. The molecule has 1 rings (SSSR count). The molecule has 1 atom stereocenters. The number of aryl methyl sites for hydroxylation is 1. The largest absolute Gasteiger partial charge is 0.313 e. The monoisotopic (exact) mass is 251 g/mol. The van der Waals surface area contributed by atoms with Crippen LogP contribution in [0.5, 0.6) is 0 Å².